The summed E-state index contributed by atoms with van der Waals surface area (Å²) in [5.74, 6) is 0.824. The van der Waals surface area contributed by atoms with Crippen molar-refractivity contribution in [1.82, 2.24) is 5.32 Å². The standard InChI is InChI=1S/C13H19BrN2O2/c1-17-13-3-2-9(6-11(13)14)12(15)7-10-8-18-5-4-16-10/h2-3,6,10,12,16H,4-5,7-8,15H2,1H3. The van der Waals surface area contributed by atoms with Gasteiger partial charge >= 0.3 is 0 Å². The quantitative estimate of drug-likeness (QED) is 0.890. The average molecular weight is 315 g/mol. The fourth-order valence-corrected chi connectivity index (χ4v) is 2.69. The molecule has 0 radical (unpaired) electrons. The van der Waals surface area contributed by atoms with E-state index in [-0.39, 0.29) is 6.04 Å². The van der Waals surface area contributed by atoms with Gasteiger partial charge in [0.05, 0.1) is 24.8 Å². The summed E-state index contributed by atoms with van der Waals surface area (Å²) in [4.78, 5) is 0. The van der Waals surface area contributed by atoms with Crippen LogP contribution < -0.4 is 15.8 Å². The minimum Gasteiger partial charge on any atom is -0.496 e. The predicted molar refractivity (Wildman–Crippen MR) is 74.8 cm³/mol. The van der Waals surface area contributed by atoms with Gasteiger partial charge in [0.15, 0.2) is 0 Å². The largest absolute Gasteiger partial charge is 0.496 e. The van der Waals surface area contributed by atoms with Gasteiger partial charge in [0, 0.05) is 18.6 Å². The first kappa shape index (κ1) is 13.8. The lowest BCUT2D eigenvalue weighted by atomic mass is 10.00. The summed E-state index contributed by atoms with van der Waals surface area (Å²) in [6, 6.07) is 6.32. The molecule has 0 aliphatic carbocycles. The maximum Gasteiger partial charge on any atom is 0.133 e. The minimum atomic E-state index is 0.00593. The number of halogens is 1. The maximum atomic E-state index is 6.23. The third-order valence-corrected chi connectivity index (χ3v) is 3.76. The molecular weight excluding hydrogens is 296 g/mol. The first-order valence-corrected chi connectivity index (χ1v) is 6.90. The summed E-state index contributed by atoms with van der Waals surface area (Å²) < 4.78 is 11.6. The number of nitrogens with one attached hydrogen (secondary N) is 1. The van der Waals surface area contributed by atoms with Crippen LogP contribution in [0.25, 0.3) is 0 Å². The van der Waals surface area contributed by atoms with Gasteiger partial charge in [-0.15, -0.1) is 0 Å². The molecule has 1 aromatic carbocycles. The van der Waals surface area contributed by atoms with Crippen LogP contribution in [-0.4, -0.2) is 32.9 Å². The lowest BCUT2D eigenvalue weighted by Gasteiger charge is -2.26. The Morgan fingerprint density at radius 1 is 1.61 bits per heavy atom. The highest BCUT2D eigenvalue weighted by Gasteiger charge is 2.18. The van der Waals surface area contributed by atoms with Crippen LogP contribution in [0, 0.1) is 0 Å². The Kier molecular flexibility index (Phi) is 5.00. The second kappa shape index (κ2) is 6.52. The molecule has 0 spiro atoms. The molecule has 0 aromatic heterocycles. The number of nitrogens with two attached hydrogens (primary N) is 1. The van der Waals surface area contributed by atoms with Crippen molar-refractivity contribution < 1.29 is 9.47 Å². The van der Waals surface area contributed by atoms with Crippen LogP contribution in [-0.2, 0) is 4.74 Å². The van der Waals surface area contributed by atoms with Crippen LogP contribution in [0.15, 0.2) is 22.7 Å². The third-order valence-electron chi connectivity index (χ3n) is 3.14. The first-order chi connectivity index (χ1) is 8.70. The molecule has 0 amide bonds. The number of rotatable bonds is 4. The second-order valence-electron chi connectivity index (χ2n) is 4.46. The first-order valence-electron chi connectivity index (χ1n) is 6.11. The Morgan fingerprint density at radius 3 is 3.06 bits per heavy atom. The second-order valence-corrected chi connectivity index (χ2v) is 5.32. The van der Waals surface area contributed by atoms with Crippen molar-refractivity contribution in [3.05, 3.63) is 28.2 Å². The molecule has 2 unspecified atom stereocenters. The van der Waals surface area contributed by atoms with Crippen molar-refractivity contribution in [2.45, 2.75) is 18.5 Å². The van der Waals surface area contributed by atoms with Gasteiger partial charge in [-0.3, -0.25) is 0 Å². The van der Waals surface area contributed by atoms with Crippen LogP contribution in [0.5, 0.6) is 5.75 Å². The molecule has 2 rings (SSSR count). The lowest BCUT2D eigenvalue weighted by Crippen LogP contribution is -2.42. The van der Waals surface area contributed by atoms with E-state index in [4.69, 9.17) is 15.2 Å². The van der Waals surface area contributed by atoms with Crippen molar-refractivity contribution in [2.75, 3.05) is 26.9 Å². The highest BCUT2D eigenvalue weighted by Crippen LogP contribution is 2.28. The Labute approximate surface area is 116 Å². The molecule has 1 aliphatic heterocycles. The maximum absolute atomic E-state index is 6.23. The van der Waals surface area contributed by atoms with Crippen molar-refractivity contribution in [1.29, 1.82) is 0 Å². The van der Waals surface area contributed by atoms with E-state index < -0.39 is 0 Å². The molecular formula is C13H19BrN2O2. The Balaban J connectivity index is 1.99. The third kappa shape index (κ3) is 3.45. The molecule has 100 valence electrons. The summed E-state index contributed by atoms with van der Waals surface area (Å²) in [6.45, 7) is 2.44. The van der Waals surface area contributed by atoms with Crippen molar-refractivity contribution in [3.8, 4) is 5.75 Å². The predicted octanol–water partition coefficient (Wildman–Crippen LogP) is 1.84. The van der Waals surface area contributed by atoms with Crippen LogP contribution >= 0.6 is 15.9 Å². The van der Waals surface area contributed by atoms with Crippen LogP contribution in [0.2, 0.25) is 0 Å². The fraction of sp³-hybridized carbons (Fsp3) is 0.538. The van der Waals surface area contributed by atoms with Crippen molar-refractivity contribution >= 4 is 15.9 Å². The van der Waals surface area contributed by atoms with E-state index in [9.17, 15) is 0 Å². The summed E-state index contributed by atoms with van der Waals surface area (Å²) >= 11 is 3.48. The fourth-order valence-electron chi connectivity index (χ4n) is 2.13. The summed E-state index contributed by atoms with van der Waals surface area (Å²) in [5.41, 5.74) is 7.34. The van der Waals surface area contributed by atoms with Gasteiger partial charge in [0.25, 0.3) is 0 Å². The normalized spacial score (nSPS) is 21.6. The zero-order valence-corrected chi connectivity index (χ0v) is 12.1. The minimum absolute atomic E-state index is 0.00593. The monoisotopic (exact) mass is 314 g/mol. The summed E-state index contributed by atoms with van der Waals surface area (Å²) in [6.07, 6.45) is 0.874. The zero-order valence-electron chi connectivity index (χ0n) is 10.5. The molecule has 0 bridgehead atoms. The molecule has 1 fully saturated rings. The molecule has 0 saturated carbocycles. The van der Waals surface area contributed by atoms with Crippen molar-refractivity contribution in [2.24, 2.45) is 5.73 Å². The smallest absolute Gasteiger partial charge is 0.133 e. The topological polar surface area (TPSA) is 56.5 Å². The Morgan fingerprint density at radius 2 is 2.44 bits per heavy atom. The van der Waals surface area contributed by atoms with Gasteiger partial charge in [-0.1, -0.05) is 6.07 Å². The molecule has 4 nitrogen and oxygen atoms in total. The van der Waals surface area contributed by atoms with E-state index in [2.05, 4.69) is 21.2 Å². The number of hydrogen-bond acceptors (Lipinski definition) is 4. The molecule has 3 N–H and O–H groups in total. The number of hydrogen-bond donors (Lipinski definition) is 2. The Bertz CT molecular complexity index is 395. The van der Waals surface area contributed by atoms with E-state index in [1.807, 2.05) is 18.2 Å². The zero-order chi connectivity index (χ0) is 13.0. The summed E-state index contributed by atoms with van der Waals surface area (Å²) in [7, 11) is 1.66. The van der Waals surface area contributed by atoms with E-state index in [1.54, 1.807) is 7.11 Å². The van der Waals surface area contributed by atoms with E-state index in [0.29, 0.717) is 6.04 Å². The molecule has 1 aromatic rings. The summed E-state index contributed by atoms with van der Waals surface area (Å²) in [5, 5.41) is 3.42. The molecule has 18 heavy (non-hydrogen) atoms. The highest BCUT2D eigenvalue weighted by atomic mass is 79.9. The van der Waals surface area contributed by atoms with Gasteiger partial charge in [-0.25, -0.2) is 0 Å². The molecule has 5 heteroatoms. The highest BCUT2D eigenvalue weighted by molar-refractivity contribution is 9.10. The number of ether oxygens (including phenoxy) is 2. The van der Waals surface area contributed by atoms with Gasteiger partial charge in [-0.05, 0) is 40.0 Å². The molecule has 1 saturated heterocycles. The van der Waals surface area contributed by atoms with Crippen LogP contribution in [0.3, 0.4) is 0 Å². The van der Waals surface area contributed by atoms with Gasteiger partial charge < -0.3 is 20.5 Å². The van der Waals surface area contributed by atoms with E-state index in [0.717, 1.165) is 42.0 Å². The van der Waals surface area contributed by atoms with Gasteiger partial charge in [0.1, 0.15) is 5.75 Å². The molecule has 1 heterocycles. The molecule has 1 aliphatic rings. The van der Waals surface area contributed by atoms with E-state index in [1.165, 1.54) is 0 Å². The van der Waals surface area contributed by atoms with E-state index >= 15 is 0 Å². The van der Waals surface area contributed by atoms with Crippen LogP contribution in [0.1, 0.15) is 18.0 Å². The Hall–Kier alpha value is -0.620. The van der Waals surface area contributed by atoms with Crippen LogP contribution in [0.4, 0.5) is 0 Å². The number of benzene rings is 1. The van der Waals surface area contributed by atoms with Crippen molar-refractivity contribution in [3.63, 3.8) is 0 Å². The van der Waals surface area contributed by atoms with Gasteiger partial charge in [0.2, 0.25) is 0 Å². The SMILES string of the molecule is COc1ccc(C(N)CC2COCCN2)cc1Br. The molecule has 2 atom stereocenters. The average Bonchev–Trinajstić information content (AvgIpc) is 2.39. The van der Waals surface area contributed by atoms with Gasteiger partial charge in [-0.2, -0.15) is 0 Å². The lowest BCUT2D eigenvalue weighted by molar-refractivity contribution is 0.0720. The number of morpholine rings is 1. The number of methoxy groups -OCH3 is 1.